The molecule has 0 aliphatic carbocycles. The second-order valence-corrected chi connectivity index (χ2v) is 8.78. The Morgan fingerprint density at radius 2 is 1.69 bits per heavy atom. The van der Waals surface area contributed by atoms with Gasteiger partial charge in [0.25, 0.3) is 0 Å². The highest BCUT2D eigenvalue weighted by Gasteiger charge is 2.24. The Bertz CT molecular complexity index is 896. The minimum atomic E-state index is -3.62. The van der Waals surface area contributed by atoms with Crippen molar-refractivity contribution in [1.82, 2.24) is 4.90 Å². The van der Waals surface area contributed by atoms with Crippen molar-refractivity contribution in [3.63, 3.8) is 0 Å². The number of anilines is 1. The lowest BCUT2D eigenvalue weighted by molar-refractivity contribution is -0.128. The van der Waals surface area contributed by atoms with Crippen LogP contribution in [0.5, 0.6) is 0 Å². The van der Waals surface area contributed by atoms with E-state index in [1.165, 1.54) is 4.90 Å². The molecule has 0 heterocycles. The fourth-order valence-electron chi connectivity index (χ4n) is 2.58. The Hall–Kier alpha value is -2.05. The number of rotatable bonds is 6. The number of likely N-dealkylation sites (N-methyl/N-ethyl adjacent to an activating group) is 1. The molecule has 2 rings (SSSR count). The molecule has 0 bridgehead atoms. The Labute approximate surface area is 160 Å². The summed E-state index contributed by atoms with van der Waals surface area (Å²) >= 11 is 5.95. The van der Waals surface area contributed by atoms with Crippen molar-refractivity contribution >= 4 is 33.2 Å². The molecule has 0 aliphatic rings. The van der Waals surface area contributed by atoms with E-state index >= 15 is 0 Å². The molecule has 0 unspecified atom stereocenters. The number of carbonyl (C=O) groups is 1. The van der Waals surface area contributed by atoms with Gasteiger partial charge in [-0.15, -0.1) is 0 Å². The third-order valence-corrected chi connectivity index (χ3v) is 5.43. The van der Waals surface area contributed by atoms with E-state index in [4.69, 9.17) is 11.6 Å². The molecule has 2 aromatic rings. The number of hydrogen-bond donors (Lipinski definition) is 0. The predicted octanol–water partition coefficient (Wildman–Crippen LogP) is 3.38. The van der Waals surface area contributed by atoms with Crippen LogP contribution < -0.4 is 4.31 Å². The summed E-state index contributed by atoms with van der Waals surface area (Å²) in [5.74, 6) is -0.287. The smallest absolute Gasteiger partial charge is 0.243 e. The van der Waals surface area contributed by atoms with Crippen molar-refractivity contribution in [2.45, 2.75) is 20.4 Å². The molecule has 0 aromatic heterocycles. The summed E-state index contributed by atoms with van der Waals surface area (Å²) in [7, 11) is -1.95. The largest absolute Gasteiger partial charge is 0.340 e. The van der Waals surface area contributed by atoms with Crippen LogP contribution in [0.25, 0.3) is 0 Å². The Kier molecular flexibility index (Phi) is 6.31. The van der Waals surface area contributed by atoms with Crippen molar-refractivity contribution in [3.05, 3.63) is 64.2 Å². The zero-order valence-corrected chi connectivity index (χ0v) is 16.9. The number of aryl methyl sites for hydroxylation is 2. The summed E-state index contributed by atoms with van der Waals surface area (Å²) in [6.45, 7) is 3.91. The lowest BCUT2D eigenvalue weighted by Gasteiger charge is -2.26. The van der Waals surface area contributed by atoms with Crippen LogP contribution in [0.15, 0.2) is 42.5 Å². The van der Waals surface area contributed by atoms with Gasteiger partial charge >= 0.3 is 0 Å². The molecule has 26 heavy (non-hydrogen) atoms. The molecule has 1 amide bonds. The number of benzene rings is 2. The van der Waals surface area contributed by atoms with Crippen LogP contribution in [0, 0.1) is 13.8 Å². The van der Waals surface area contributed by atoms with Crippen LogP contribution in [0.3, 0.4) is 0 Å². The lowest BCUT2D eigenvalue weighted by atomic mass is 10.1. The summed E-state index contributed by atoms with van der Waals surface area (Å²) in [5.41, 5.74) is 3.27. The van der Waals surface area contributed by atoms with Crippen LogP contribution in [0.2, 0.25) is 5.02 Å². The molecule has 0 saturated heterocycles. The highest BCUT2D eigenvalue weighted by molar-refractivity contribution is 7.92. The molecule has 5 nitrogen and oxygen atoms in total. The SMILES string of the molecule is Cc1ccc(CN(C)C(=O)CN(c2ccc(Cl)cc2C)S(C)(=O)=O)cc1. The van der Waals surface area contributed by atoms with Crippen LogP contribution in [-0.2, 0) is 21.4 Å². The van der Waals surface area contributed by atoms with Gasteiger partial charge in [-0.25, -0.2) is 8.42 Å². The van der Waals surface area contributed by atoms with E-state index in [1.807, 2.05) is 31.2 Å². The minimum absolute atomic E-state index is 0.260. The zero-order valence-electron chi connectivity index (χ0n) is 15.4. The molecular weight excluding hydrogens is 372 g/mol. The molecule has 7 heteroatoms. The molecule has 0 radical (unpaired) electrons. The average Bonchev–Trinajstić information content (AvgIpc) is 2.54. The quantitative estimate of drug-likeness (QED) is 0.754. The van der Waals surface area contributed by atoms with Gasteiger partial charge in [0.1, 0.15) is 6.54 Å². The zero-order chi connectivity index (χ0) is 19.5. The molecule has 0 N–H and O–H groups in total. The van der Waals surface area contributed by atoms with Gasteiger partial charge in [-0.2, -0.15) is 0 Å². The highest BCUT2D eigenvalue weighted by Crippen LogP contribution is 2.25. The number of hydrogen-bond acceptors (Lipinski definition) is 3. The van der Waals surface area contributed by atoms with E-state index in [9.17, 15) is 13.2 Å². The van der Waals surface area contributed by atoms with Crippen LogP contribution in [-0.4, -0.2) is 39.1 Å². The van der Waals surface area contributed by atoms with E-state index in [2.05, 4.69) is 0 Å². The third kappa shape index (κ3) is 5.22. The van der Waals surface area contributed by atoms with Crippen LogP contribution >= 0.6 is 11.6 Å². The second-order valence-electron chi connectivity index (χ2n) is 6.44. The van der Waals surface area contributed by atoms with Gasteiger partial charge in [0.15, 0.2) is 0 Å². The van der Waals surface area contributed by atoms with Gasteiger partial charge in [0, 0.05) is 18.6 Å². The highest BCUT2D eigenvalue weighted by atomic mass is 35.5. The number of amides is 1. The molecule has 2 aromatic carbocycles. The van der Waals surface area contributed by atoms with E-state index in [0.717, 1.165) is 21.7 Å². The van der Waals surface area contributed by atoms with E-state index < -0.39 is 10.0 Å². The summed E-state index contributed by atoms with van der Waals surface area (Å²) in [6, 6.07) is 12.8. The van der Waals surface area contributed by atoms with Crippen LogP contribution in [0.1, 0.15) is 16.7 Å². The standard InChI is InChI=1S/C19H23ClN2O3S/c1-14-5-7-16(8-6-14)12-21(3)19(23)13-22(26(4,24)25)18-10-9-17(20)11-15(18)2/h5-11H,12-13H2,1-4H3. The Morgan fingerprint density at radius 3 is 2.23 bits per heavy atom. The maximum atomic E-state index is 12.6. The first-order valence-electron chi connectivity index (χ1n) is 8.11. The second kappa shape index (κ2) is 8.10. The first-order chi connectivity index (χ1) is 12.1. The minimum Gasteiger partial charge on any atom is -0.340 e. The number of carbonyl (C=O) groups excluding carboxylic acids is 1. The fourth-order valence-corrected chi connectivity index (χ4v) is 3.71. The van der Waals surface area contributed by atoms with Gasteiger partial charge < -0.3 is 4.90 Å². The molecule has 0 aliphatic heterocycles. The van der Waals surface area contributed by atoms with E-state index in [1.54, 1.807) is 32.2 Å². The molecule has 140 valence electrons. The van der Waals surface area contributed by atoms with Crippen molar-refractivity contribution < 1.29 is 13.2 Å². The fraction of sp³-hybridized carbons (Fsp3) is 0.316. The molecule has 0 fully saturated rings. The van der Waals surface area contributed by atoms with Crippen molar-refractivity contribution in [2.75, 3.05) is 24.2 Å². The van der Waals surface area contributed by atoms with Gasteiger partial charge in [-0.1, -0.05) is 41.4 Å². The number of sulfonamides is 1. The van der Waals surface area contributed by atoms with Gasteiger partial charge in [0.05, 0.1) is 11.9 Å². The van der Waals surface area contributed by atoms with Crippen molar-refractivity contribution in [2.24, 2.45) is 0 Å². The summed E-state index contributed by atoms with van der Waals surface area (Å²) in [4.78, 5) is 14.1. The first-order valence-corrected chi connectivity index (χ1v) is 10.3. The normalized spacial score (nSPS) is 11.3. The Morgan fingerprint density at radius 1 is 1.08 bits per heavy atom. The topological polar surface area (TPSA) is 57.7 Å². The first kappa shape index (κ1) is 20.3. The maximum Gasteiger partial charge on any atom is 0.243 e. The number of nitrogens with zero attached hydrogens (tertiary/aromatic N) is 2. The molecule has 0 atom stereocenters. The van der Waals surface area contributed by atoms with Gasteiger partial charge in [0.2, 0.25) is 15.9 Å². The van der Waals surface area contributed by atoms with Gasteiger partial charge in [-0.05, 0) is 43.2 Å². The molecular formula is C19H23ClN2O3S. The lowest BCUT2D eigenvalue weighted by Crippen LogP contribution is -2.41. The third-order valence-electron chi connectivity index (χ3n) is 4.07. The average molecular weight is 395 g/mol. The van der Waals surface area contributed by atoms with Gasteiger partial charge in [-0.3, -0.25) is 9.10 Å². The monoisotopic (exact) mass is 394 g/mol. The molecule has 0 saturated carbocycles. The van der Waals surface area contributed by atoms with E-state index in [-0.39, 0.29) is 12.5 Å². The maximum absolute atomic E-state index is 12.6. The van der Waals surface area contributed by atoms with Crippen molar-refractivity contribution in [3.8, 4) is 0 Å². The van der Waals surface area contributed by atoms with E-state index in [0.29, 0.717) is 22.8 Å². The summed E-state index contributed by atoms with van der Waals surface area (Å²) in [6.07, 6.45) is 1.09. The predicted molar refractivity (Wildman–Crippen MR) is 106 cm³/mol. The molecule has 0 spiro atoms. The summed E-state index contributed by atoms with van der Waals surface area (Å²) < 4.78 is 25.6. The van der Waals surface area contributed by atoms with Crippen LogP contribution in [0.4, 0.5) is 5.69 Å². The summed E-state index contributed by atoms with van der Waals surface area (Å²) in [5, 5.41) is 0.516. The van der Waals surface area contributed by atoms with Crippen molar-refractivity contribution in [1.29, 1.82) is 0 Å². The Balaban J connectivity index is 2.20. The number of halogens is 1.